The summed E-state index contributed by atoms with van der Waals surface area (Å²) in [5, 5.41) is 0. The van der Waals surface area contributed by atoms with Crippen LogP contribution in [0, 0.1) is 5.92 Å². The summed E-state index contributed by atoms with van der Waals surface area (Å²) >= 11 is 0. The topological polar surface area (TPSA) is 21.7 Å². The smallest absolute Gasteiger partial charge is 0.119 e. The fourth-order valence-electron chi connectivity index (χ4n) is 3.54. The van der Waals surface area contributed by atoms with Gasteiger partial charge in [-0.3, -0.25) is 4.90 Å². The van der Waals surface area contributed by atoms with Crippen LogP contribution in [-0.4, -0.2) is 44.4 Å². The fraction of sp³-hybridized carbons (Fsp3) is 0.478. The van der Waals surface area contributed by atoms with E-state index in [2.05, 4.69) is 73.3 Å². The van der Waals surface area contributed by atoms with E-state index in [1.54, 1.807) is 0 Å². The minimum absolute atomic E-state index is 0.528. The second kappa shape index (κ2) is 9.75. The minimum atomic E-state index is 0.528. The van der Waals surface area contributed by atoms with E-state index < -0.39 is 0 Å². The summed E-state index contributed by atoms with van der Waals surface area (Å²) < 4.78 is 11.3. The second-order valence-corrected chi connectivity index (χ2v) is 7.41. The molecule has 0 saturated carbocycles. The Morgan fingerprint density at radius 1 is 0.962 bits per heavy atom. The Morgan fingerprint density at radius 3 is 2.31 bits per heavy atom. The van der Waals surface area contributed by atoms with E-state index >= 15 is 0 Å². The molecule has 0 spiro atoms. The Labute approximate surface area is 157 Å². The van der Waals surface area contributed by atoms with Crippen LogP contribution in [0.4, 0.5) is 0 Å². The van der Waals surface area contributed by atoms with E-state index in [4.69, 9.17) is 9.47 Å². The third-order valence-corrected chi connectivity index (χ3v) is 5.19. The lowest BCUT2D eigenvalue weighted by atomic mass is 9.83. The molecule has 3 heteroatoms. The van der Waals surface area contributed by atoms with Crippen molar-refractivity contribution in [1.82, 2.24) is 4.90 Å². The van der Waals surface area contributed by atoms with Gasteiger partial charge in [0.05, 0.1) is 13.2 Å². The summed E-state index contributed by atoms with van der Waals surface area (Å²) in [4.78, 5) is 2.40. The lowest BCUT2D eigenvalue weighted by molar-refractivity contribution is 0.0322. The molecule has 1 saturated heterocycles. The first-order valence-electron chi connectivity index (χ1n) is 9.79. The highest BCUT2D eigenvalue weighted by Gasteiger charge is 2.16. The van der Waals surface area contributed by atoms with Crippen molar-refractivity contribution in [3.63, 3.8) is 0 Å². The largest absolute Gasteiger partial charge is 0.492 e. The zero-order chi connectivity index (χ0) is 18.2. The molecule has 0 bridgehead atoms. The average molecular weight is 354 g/mol. The third kappa shape index (κ3) is 5.58. The highest BCUT2D eigenvalue weighted by atomic mass is 16.5. The molecule has 1 aliphatic heterocycles. The molecule has 26 heavy (non-hydrogen) atoms. The number of rotatable bonds is 8. The summed E-state index contributed by atoms with van der Waals surface area (Å²) in [6.07, 6.45) is 1.08. The van der Waals surface area contributed by atoms with E-state index in [-0.39, 0.29) is 0 Å². The van der Waals surface area contributed by atoms with Gasteiger partial charge in [0, 0.05) is 19.6 Å². The maximum absolute atomic E-state index is 5.94. The fourth-order valence-corrected chi connectivity index (χ4v) is 3.54. The predicted molar refractivity (Wildman–Crippen MR) is 107 cm³/mol. The molecule has 1 fully saturated rings. The molecular weight excluding hydrogens is 322 g/mol. The molecule has 2 aromatic rings. The van der Waals surface area contributed by atoms with Crippen molar-refractivity contribution in [3.05, 3.63) is 65.7 Å². The molecule has 1 unspecified atom stereocenters. The molecule has 1 heterocycles. The van der Waals surface area contributed by atoms with Crippen LogP contribution in [0.1, 0.15) is 30.9 Å². The van der Waals surface area contributed by atoms with Gasteiger partial charge in [0.25, 0.3) is 0 Å². The van der Waals surface area contributed by atoms with Crippen LogP contribution in [-0.2, 0) is 11.2 Å². The summed E-state index contributed by atoms with van der Waals surface area (Å²) in [6.45, 7) is 10.0. The quantitative estimate of drug-likeness (QED) is 0.703. The van der Waals surface area contributed by atoms with Gasteiger partial charge in [0.1, 0.15) is 12.4 Å². The van der Waals surface area contributed by atoms with Crippen LogP contribution in [0.3, 0.4) is 0 Å². The molecule has 0 radical (unpaired) electrons. The molecule has 0 amide bonds. The summed E-state index contributed by atoms with van der Waals surface area (Å²) in [5.74, 6) is 2.09. The van der Waals surface area contributed by atoms with E-state index in [1.807, 2.05) is 0 Å². The normalized spacial score (nSPS) is 16.6. The number of benzene rings is 2. The van der Waals surface area contributed by atoms with Crippen LogP contribution in [0.25, 0.3) is 0 Å². The van der Waals surface area contributed by atoms with Gasteiger partial charge in [-0.05, 0) is 41.5 Å². The molecule has 1 aliphatic rings. The second-order valence-electron chi connectivity index (χ2n) is 7.41. The first-order valence-corrected chi connectivity index (χ1v) is 9.79. The van der Waals surface area contributed by atoms with Crippen molar-refractivity contribution >= 4 is 0 Å². The van der Waals surface area contributed by atoms with Crippen LogP contribution in [0.2, 0.25) is 0 Å². The Balaban J connectivity index is 1.54. The Kier molecular flexibility index (Phi) is 7.10. The van der Waals surface area contributed by atoms with Crippen molar-refractivity contribution in [2.75, 3.05) is 39.5 Å². The summed E-state index contributed by atoms with van der Waals surface area (Å²) in [5.41, 5.74) is 2.79. The van der Waals surface area contributed by atoms with Crippen LogP contribution in [0.15, 0.2) is 54.6 Å². The monoisotopic (exact) mass is 353 g/mol. The number of hydrogen-bond acceptors (Lipinski definition) is 3. The number of morpholine rings is 1. The van der Waals surface area contributed by atoms with Crippen molar-refractivity contribution in [3.8, 4) is 5.75 Å². The van der Waals surface area contributed by atoms with Gasteiger partial charge in [-0.1, -0.05) is 56.3 Å². The van der Waals surface area contributed by atoms with Gasteiger partial charge < -0.3 is 9.47 Å². The minimum Gasteiger partial charge on any atom is -0.492 e. The lowest BCUT2D eigenvalue weighted by Crippen LogP contribution is -2.38. The van der Waals surface area contributed by atoms with Crippen LogP contribution in [0.5, 0.6) is 5.75 Å². The average Bonchev–Trinajstić information content (AvgIpc) is 2.68. The van der Waals surface area contributed by atoms with Crippen molar-refractivity contribution < 1.29 is 9.47 Å². The number of nitrogens with zero attached hydrogens (tertiary/aromatic N) is 1. The molecule has 0 aliphatic carbocycles. The number of hydrogen-bond donors (Lipinski definition) is 0. The molecule has 3 nitrogen and oxygen atoms in total. The maximum Gasteiger partial charge on any atom is 0.119 e. The molecule has 1 atom stereocenters. The standard InChI is InChI=1S/C23H31NO2/c1-19(2)23(18-20-6-4-3-5-7-20)21-8-10-22(11-9-21)26-17-14-24-12-15-25-16-13-24/h3-11,19,23H,12-18H2,1-2H3. The first-order chi connectivity index (χ1) is 12.7. The van der Waals surface area contributed by atoms with Crippen molar-refractivity contribution in [1.29, 1.82) is 0 Å². The van der Waals surface area contributed by atoms with Gasteiger partial charge in [-0.15, -0.1) is 0 Å². The lowest BCUT2D eigenvalue weighted by Gasteiger charge is -2.26. The Hall–Kier alpha value is -1.84. The van der Waals surface area contributed by atoms with E-state index in [0.717, 1.165) is 51.6 Å². The predicted octanol–water partition coefficient (Wildman–Crippen LogP) is 4.38. The number of ether oxygens (including phenoxy) is 2. The Bertz CT molecular complexity index is 633. The van der Waals surface area contributed by atoms with Gasteiger partial charge in [0.2, 0.25) is 0 Å². The van der Waals surface area contributed by atoms with Gasteiger partial charge in [-0.25, -0.2) is 0 Å². The summed E-state index contributed by atoms with van der Waals surface area (Å²) in [7, 11) is 0. The zero-order valence-electron chi connectivity index (χ0n) is 16.1. The molecule has 3 rings (SSSR count). The highest BCUT2D eigenvalue weighted by molar-refractivity contribution is 5.31. The third-order valence-electron chi connectivity index (χ3n) is 5.19. The van der Waals surface area contributed by atoms with Crippen LogP contribution >= 0.6 is 0 Å². The zero-order valence-corrected chi connectivity index (χ0v) is 16.1. The van der Waals surface area contributed by atoms with Crippen LogP contribution < -0.4 is 4.74 Å². The van der Waals surface area contributed by atoms with E-state index in [1.165, 1.54) is 11.1 Å². The highest BCUT2D eigenvalue weighted by Crippen LogP contribution is 2.29. The molecule has 0 N–H and O–H groups in total. The van der Waals surface area contributed by atoms with Crippen molar-refractivity contribution in [2.24, 2.45) is 5.92 Å². The van der Waals surface area contributed by atoms with Gasteiger partial charge in [0.15, 0.2) is 0 Å². The molecule has 2 aromatic carbocycles. The van der Waals surface area contributed by atoms with Crippen molar-refractivity contribution in [2.45, 2.75) is 26.2 Å². The van der Waals surface area contributed by atoms with Gasteiger partial charge in [-0.2, -0.15) is 0 Å². The SMILES string of the molecule is CC(C)C(Cc1ccccc1)c1ccc(OCCN2CCOCC2)cc1. The molecule has 140 valence electrons. The van der Waals surface area contributed by atoms with Gasteiger partial charge >= 0.3 is 0 Å². The van der Waals surface area contributed by atoms with E-state index in [9.17, 15) is 0 Å². The first kappa shape index (κ1) is 18.9. The molecular formula is C23H31NO2. The van der Waals surface area contributed by atoms with E-state index in [0.29, 0.717) is 11.8 Å². The maximum atomic E-state index is 5.94. The molecule has 0 aromatic heterocycles. The Morgan fingerprint density at radius 2 is 1.65 bits per heavy atom. The summed E-state index contributed by atoms with van der Waals surface area (Å²) in [6, 6.07) is 19.5.